The molecular weight excluding hydrogens is 321 g/mol. The van der Waals surface area contributed by atoms with Crippen molar-refractivity contribution in [3.8, 4) is 0 Å². The summed E-state index contributed by atoms with van der Waals surface area (Å²) in [5, 5.41) is 2.91. The summed E-state index contributed by atoms with van der Waals surface area (Å²) in [5.74, 6) is 0.203. The van der Waals surface area contributed by atoms with Gasteiger partial charge in [-0.05, 0) is 50.3 Å². The van der Waals surface area contributed by atoms with Crippen LogP contribution in [0.4, 0.5) is 0 Å². The van der Waals surface area contributed by atoms with Crippen LogP contribution in [0.15, 0.2) is 17.0 Å². The molecular formula is C13H15Cl2NO3S. The van der Waals surface area contributed by atoms with E-state index < -0.39 is 9.05 Å². The number of hydrogen-bond donors (Lipinski definition) is 1. The number of rotatable bonds is 4. The maximum atomic E-state index is 12.1. The Labute approximate surface area is 127 Å². The molecule has 7 heteroatoms. The third-order valence-corrected chi connectivity index (χ3v) is 5.39. The first-order valence-electron chi connectivity index (χ1n) is 6.26. The van der Waals surface area contributed by atoms with Gasteiger partial charge in [0.2, 0.25) is 0 Å². The molecule has 1 aliphatic rings. The number of amides is 1. The van der Waals surface area contributed by atoms with Crippen LogP contribution in [0.2, 0.25) is 5.02 Å². The highest BCUT2D eigenvalue weighted by atomic mass is 35.7. The first-order valence-corrected chi connectivity index (χ1v) is 8.94. The molecule has 1 saturated carbocycles. The predicted octanol–water partition coefficient (Wildman–Crippen LogP) is 3.10. The third kappa shape index (κ3) is 3.45. The molecule has 1 atom stereocenters. The van der Waals surface area contributed by atoms with E-state index in [1.807, 2.05) is 6.92 Å². The summed E-state index contributed by atoms with van der Waals surface area (Å²) >= 11 is 5.93. The third-order valence-electron chi connectivity index (χ3n) is 3.43. The highest BCUT2D eigenvalue weighted by Gasteiger charge is 2.29. The first-order chi connectivity index (χ1) is 9.20. The molecule has 110 valence electrons. The van der Waals surface area contributed by atoms with Crippen molar-refractivity contribution in [2.24, 2.45) is 5.92 Å². The molecule has 0 bridgehead atoms. The van der Waals surface area contributed by atoms with Crippen molar-refractivity contribution in [3.05, 3.63) is 28.3 Å². The van der Waals surface area contributed by atoms with E-state index in [2.05, 4.69) is 5.32 Å². The van der Waals surface area contributed by atoms with E-state index in [1.165, 1.54) is 6.07 Å². The van der Waals surface area contributed by atoms with Crippen molar-refractivity contribution in [2.45, 2.75) is 37.6 Å². The van der Waals surface area contributed by atoms with Crippen molar-refractivity contribution in [1.29, 1.82) is 0 Å². The van der Waals surface area contributed by atoms with Gasteiger partial charge in [-0.25, -0.2) is 8.42 Å². The molecule has 1 fully saturated rings. The lowest BCUT2D eigenvalue weighted by Gasteiger charge is -2.14. The van der Waals surface area contributed by atoms with Crippen molar-refractivity contribution in [1.82, 2.24) is 5.32 Å². The molecule has 1 amide bonds. The van der Waals surface area contributed by atoms with Gasteiger partial charge >= 0.3 is 0 Å². The molecule has 1 aromatic rings. The van der Waals surface area contributed by atoms with Crippen LogP contribution < -0.4 is 5.32 Å². The highest BCUT2D eigenvalue weighted by Crippen LogP contribution is 2.33. The van der Waals surface area contributed by atoms with Gasteiger partial charge in [-0.3, -0.25) is 4.79 Å². The lowest BCUT2D eigenvalue weighted by atomic mass is 10.1. The van der Waals surface area contributed by atoms with Crippen LogP contribution in [0, 0.1) is 12.8 Å². The Morgan fingerprint density at radius 3 is 2.50 bits per heavy atom. The van der Waals surface area contributed by atoms with Crippen molar-refractivity contribution in [2.75, 3.05) is 0 Å². The fraction of sp³-hybridized carbons (Fsp3) is 0.462. The summed E-state index contributed by atoms with van der Waals surface area (Å²) < 4.78 is 22.9. The number of carbonyl (C=O) groups excluding carboxylic acids is 1. The van der Waals surface area contributed by atoms with E-state index in [-0.39, 0.29) is 27.4 Å². The molecule has 20 heavy (non-hydrogen) atoms. The van der Waals surface area contributed by atoms with Crippen LogP contribution >= 0.6 is 22.3 Å². The number of hydrogen-bond acceptors (Lipinski definition) is 3. The van der Waals surface area contributed by atoms with E-state index in [9.17, 15) is 13.2 Å². The quantitative estimate of drug-likeness (QED) is 0.860. The molecule has 0 radical (unpaired) electrons. The maximum Gasteiger partial charge on any atom is 0.262 e. The standard InChI is InChI=1S/C13H15Cl2NO3S/c1-7-5-10(6-11(12(7)14)20(15,18)19)13(17)16-8(2)9-3-4-9/h5-6,8-9H,3-4H2,1-2H3,(H,16,17). The van der Waals surface area contributed by atoms with E-state index in [0.29, 0.717) is 11.5 Å². The van der Waals surface area contributed by atoms with Gasteiger partial charge in [-0.1, -0.05) is 11.6 Å². The van der Waals surface area contributed by atoms with Crippen molar-refractivity contribution >= 4 is 37.2 Å². The molecule has 4 nitrogen and oxygen atoms in total. The van der Waals surface area contributed by atoms with Crippen LogP contribution in [0.5, 0.6) is 0 Å². The van der Waals surface area contributed by atoms with E-state index in [4.69, 9.17) is 22.3 Å². The fourth-order valence-electron chi connectivity index (χ4n) is 2.05. The molecule has 2 rings (SSSR count). The summed E-state index contributed by atoms with van der Waals surface area (Å²) in [6.07, 6.45) is 2.23. The minimum absolute atomic E-state index is 0.0480. The van der Waals surface area contributed by atoms with Gasteiger partial charge in [0.25, 0.3) is 15.0 Å². The topological polar surface area (TPSA) is 63.2 Å². The first kappa shape index (κ1) is 15.6. The number of carbonyl (C=O) groups is 1. The highest BCUT2D eigenvalue weighted by molar-refractivity contribution is 8.13. The SMILES string of the molecule is Cc1cc(C(=O)NC(C)C2CC2)cc(S(=O)(=O)Cl)c1Cl. The Morgan fingerprint density at radius 2 is 2.00 bits per heavy atom. The molecule has 1 aliphatic carbocycles. The van der Waals surface area contributed by atoms with E-state index >= 15 is 0 Å². The van der Waals surface area contributed by atoms with Gasteiger partial charge in [0, 0.05) is 22.3 Å². The summed E-state index contributed by atoms with van der Waals surface area (Å²) in [5.41, 5.74) is 0.747. The Balaban J connectivity index is 2.32. The van der Waals surface area contributed by atoms with Gasteiger partial charge in [-0.15, -0.1) is 0 Å². The van der Waals surface area contributed by atoms with Crippen LogP contribution in [-0.4, -0.2) is 20.4 Å². The molecule has 0 aliphatic heterocycles. The normalized spacial score (nSPS) is 16.8. The van der Waals surface area contributed by atoms with Crippen molar-refractivity contribution in [3.63, 3.8) is 0 Å². The Kier molecular flexibility index (Phi) is 4.33. The van der Waals surface area contributed by atoms with E-state index in [0.717, 1.165) is 12.8 Å². The lowest BCUT2D eigenvalue weighted by Crippen LogP contribution is -2.34. The average Bonchev–Trinajstić information content (AvgIpc) is 3.14. The van der Waals surface area contributed by atoms with Crippen LogP contribution in [0.1, 0.15) is 35.7 Å². The van der Waals surface area contributed by atoms with Crippen LogP contribution in [-0.2, 0) is 9.05 Å². The van der Waals surface area contributed by atoms with Crippen LogP contribution in [0.3, 0.4) is 0 Å². The zero-order valence-electron chi connectivity index (χ0n) is 11.1. The fourth-order valence-corrected chi connectivity index (χ4v) is 3.59. The number of halogens is 2. The molecule has 0 heterocycles. The summed E-state index contributed by atoms with van der Waals surface area (Å²) in [4.78, 5) is 11.9. The summed E-state index contributed by atoms with van der Waals surface area (Å²) in [6, 6.07) is 2.85. The molecule has 0 saturated heterocycles. The number of nitrogens with one attached hydrogen (secondary N) is 1. The van der Waals surface area contributed by atoms with Gasteiger partial charge in [0.05, 0.1) is 5.02 Å². The Bertz CT molecular complexity index is 654. The molecule has 0 aromatic heterocycles. The second-order valence-corrected chi connectivity index (χ2v) is 8.06. The minimum atomic E-state index is -3.98. The largest absolute Gasteiger partial charge is 0.349 e. The zero-order valence-corrected chi connectivity index (χ0v) is 13.4. The predicted molar refractivity (Wildman–Crippen MR) is 78.9 cm³/mol. The minimum Gasteiger partial charge on any atom is -0.349 e. The summed E-state index contributed by atoms with van der Waals surface area (Å²) in [6.45, 7) is 3.58. The molecule has 1 N–H and O–H groups in total. The Hall–Kier alpha value is -0.780. The van der Waals surface area contributed by atoms with Gasteiger partial charge in [0.1, 0.15) is 4.90 Å². The van der Waals surface area contributed by atoms with E-state index in [1.54, 1.807) is 13.0 Å². The zero-order chi connectivity index (χ0) is 15.1. The van der Waals surface area contributed by atoms with Gasteiger partial charge in [0.15, 0.2) is 0 Å². The monoisotopic (exact) mass is 335 g/mol. The van der Waals surface area contributed by atoms with Crippen LogP contribution in [0.25, 0.3) is 0 Å². The number of aryl methyl sites for hydroxylation is 1. The second-order valence-electron chi connectivity index (χ2n) is 5.14. The smallest absolute Gasteiger partial charge is 0.262 e. The van der Waals surface area contributed by atoms with Gasteiger partial charge in [-0.2, -0.15) is 0 Å². The number of benzene rings is 1. The second kappa shape index (κ2) is 5.54. The lowest BCUT2D eigenvalue weighted by molar-refractivity contribution is 0.0935. The Morgan fingerprint density at radius 1 is 1.40 bits per heavy atom. The summed E-state index contributed by atoms with van der Waals surface area (Å²) in [7, 11) is 1.35. The van der Waals surface area contributed by atoms with Gasteiger partial charge < -0.3 is 5.32 Å². The average molecular weight is 336 g/mol. The molecule has 1 aromatic carbocycles. The molecule has 1 unspecified atom stereocenters. The van der Waals surface area contributed by atoms with Crippen molar-refractivity contribution < 1.29 is 13.2 Å². The maximum absolute atomic E-state index is 12.1. The molecule has 0 spiro atoms.